The Balaban J connectivity index is 2.19. The van der Waals surface area contributed by atoms with E-state index >= 15 is 0 Å². The predicted molar refractivity (Wildman–Crippen MR) is 57.8 cm³/mol. The molecule has 1 aliphatic rings. The quantitative estimate of drug-likeness (QED) is 0.704. The highest BCUT2D eigenvalue weighted by Gasteiger charge is 2.16. The van der Waals surface area contributed by atoms with E-state index in [1.54, 1.807) is 0 Å². The van der Waals surface area contributed by atoms with Gasteiger partial charge in [-0.1, -0.05) is 12.8 Å². The van der Waals surface area contributed by atoms with Crippen molar-refractivity contribution < 1.29 is 0 Å². The molecule has 1 heterocycles. The molecule has 0 radical (unpaired) electrons. The summed E-state index contributed by atoms with van der Waals surface area (Å²) in [5.41, 5.74) is 5.97. The first-order valence-electron chi connectivity index (χ1n) is 5.60. The third-order valence-corrected chi connectivity index (χ3v) is 2.80. The van der Waals surface area contributed by atoms with Crippen molar-refractivity contribution in [3.63, 3.8) is 0 Å². The predicted octanol–water partition coefficient (Wildman–Crippen LogP) is 2.04. The first-order chi connectivity index (χ1) is 6.08. The average Bonchev–Trinajstić information content (AvgIpc) is 2.26. The van der Waals surface area contributed by atoms with Gasteiger partial charge in [0.2, 0.25) is 0 Å². The second-order valence-electron chi connectivity index (χ2n) is 5.03. The highest BCUT2D eigenvalue weighted by atomic mass is 14.9. The van der Waals surface area contributed by atoms with E-state index in [0.717, 1.165) is 12.5 Å². The van der Waals surface area contributed by atoms with E-state index in [4.69, 9.17) is 5.73 Å². The maximum Gasteiger partial charge on any atom is 0.00976 e. The molecule has 0 saturated carbocycles. The molecule has 2 heteroatoms. The maximum atomic E-state index is 5.96. The molecular weight excluding hydrogens is 160 g/mol. The zero-order chi connectivity index (χ0) is 9.73. The summed E-state index contributed by atoms with van der Waals surface area (Å²) in [6, 6.07) is 0.727. The van der Waals surface area contributed by atoms with Crippen LogP contribution in [-0.2, 0) is 0 Å². The molecule has 13 heavy (non-hydrogen) atoms. The van der Waals surface area contributed by atoms with Crippen molar-refractivity contribution in [1.29, 1.82) is 0 Å². The van der Waals surface area contributed by atoms with Crippen molar-refractivity contribution in [3.05, 3.63) is 0 Å². The number of hydrogen-bond donors (Lipinski definition) is 2. The van der Waals surface area contributed by atoms with Gasteiger partial charge in [-0.25, -0.2) is 0 Å². The number of rotatable bonds is 3. The standard InChI is InChI=1S/C11H24N2/c1-11(2,12)8-7-10-6-4-3-5-9-13-10/h10,13H,3-9,12H2,1-2H3. The Labute approximate surface area is 82.3 Å². The number of nitrogens with two attached hydrogens (primary N) is 1. The van der Waals surface area contributed by atoms with E-state index in [1.807, 2.05) is 0 Å². The lowest BCUT2D eigenvalue weighted by Gasteiger charge is -2.22. The molecule has 1 unspecified atom stereocenters. The third-order valence-electron chi connectivity index (χ3n) is 2.80. The smallest absolute Gasteiger partial charge is 0.00976 e. The Kier molecular flexibility index (Phi) is 4.20. The van der Waals surface area contributed by atoms with Gasteiger partial charge in [0.25, 0.3) is 0 Å². The summed E-state index contributed by atoms with van der Waals surface area (Å²) in [5.74, 6) is 0. The van der Waals surface area contributed by atoms with Crippen LogP contribution in [0.2, 0.25) is 0 Å². The van der Waals surface area contributed by atoms with Crippen molar-refractivity contribution in [2.45, 2.75) is 64.0 Å². The van der Waals surface area contributed by atoms with Crippen LogP contribution in [0.15, 0.2) is 0 Å². The third kappa shape index (κ3) is 5.27. The molecule has 2 nitrogen and oxygen atoms in total. The summed E-state index contributed by atoms with van der Waals surface area (Å²) in [6.45, 7) is 5.43. The molecule has 78 valence electrons. The molecule has 0 aromatic rings. The van der Waals surface area contributed by atoms with Gasteiger partial charge in [-0.2, -0.15) is 0 Å². The molecule has 0 bridgehead atoms. The molecule has 0 amide bonds. The molecule has 1 atom stereocenters. The minimum absolute atomic E-state index is 0.00792. The fourth-order valence-electron chi connectivity index (χ4n) is 1.89. The summed E-state index contributed by atoms with van der Waals surface area (Å²) in [7, 11) is 0. The lowest BCUT2D eigenvalue weighted by Crippen LogP contribution is -2.36. The van der Waals surface area contributed by atoms with Gasteiger partial charge >= 0.3 is 0 Å². The Bertz CT molecular complexity index is 130. The molecular formula is C11H24N2. The summed E-state index contributed by atoms with van der Waals surface area (Å²) in [4.78, 5) is 0. The summed E-state index contributed by atoms with van der Waals surface area (Å²) < 4.78 is 0. The largest absolute Gasteiger partial charge is 0.326 e. The molecule has 0 spiro atoms. The second kappa shape index (κ2) is 4.97. The van der Waals surface area contributed by atoms with Gasteiger partial charge in [0, 0.05) is 11.6 Å². The summed E-state index contributed by atoms with van der Waals surface area (Å²) in [5, 5.41) is 3.60. The SMILES string of the molecule is CC(C)(N)CCC1CCCCCN1. The van der Waals surface area contributed by atoms with Crippen molar-refractivity contribution in [2.24, 2.45) is 5.73 Å². The molecule has 0 aromatic carbocycles. The van der Waals surface area contributed by atoms with Crippen molar-refractivity contribution in [1.82, 2.24) is 5.32 Å². The van der Waals surface area contributed by atoms with Gasteiger partial charge in [0.1, 0.15) is 0 Å². The minimum Gasteiger partial charge on any atom is -0.326 e. The fourth-order valence-corrected chi connectivity index (χ4v) is 1.89. The number of hydrogen-bond acceptors (Lipinski definition) is 2. The number of nitrogens with one attached hydrogen (secondary N) is 1. The highest BCUT2D eigenvalue weighted by Crippen LogP contribution is 2.16. The molecule has 0 aromatic heterocycles. The second-order valence-corrected chi connectivity index (χ2v) is 5.03. The molecule has 1 fully saturated rings. The first-order valence-corrected chi connectivity index (χ1v) is 5.60. The van der Waals surface area contributed by atoms with Crippen LogP contribution in [0.25, 0.3) is 0 Å². The van der Waals surface area contributed by atoms with E-state index in [2.05, 4.69) is 19.2 Å². The highest BCUT2D eigenvalue weighted by molar-refractivity contribution is 4.77. The monoisotopic (exact) mass is 184 g/mol. The van der Waals surface area contributed by atoms with Crippen LogP contribution in [-0.4, -0.2) is 18.1 Å². The van der Waals surface area contributed by atoms with E-state index in [-0.39, 0.29) is 5.54 Å². The first kappa shape index (κ1) is 11.0. The van der Waals surface area contributed by atoms with E-state index in [9.17, 15) is 0 Å². The Morgan fingerprint density at radius 3 is 2.77 bits per heavy atom. The van der Waals surface area contributed by atoms with Gasteiger partial charge in [-0.15, -0.1) is 0 Å². The minimum atomic E-state index is 0.00792. The molecule has 3 N–H and O–H groups in total. The van der Waals surface area contributed by atoms with E-state index in [0.29, 0.717) is 0 Å². The maximum absolute atomic E-state index is 5.96. The zero-order valence-electron chi connectivity index (χ0n) is 9.10. The van der Waals surface area contributed by atoms with Crippen LogP contribution >= 0.6 is 0 Å². The average molecular weight is 184 g/mol. The topological polar surface area (TPSA) is 38.0 Å². The molecule has 1 rings (SSSR count). The van der Waals surface area contributed by atoms with Crippen LogP contribution in [0.4, 0.5) is 0 Å². The summed E-state index contributed by atoms with van der Waals surface area (Å²) >= 11 is 0. The van der Waals surface area contributed by atoms with Crippen LogP contribution in [0.3, 0.4) is 0 Å². The lowest BCUT2D eigenvalue weighted by molar-refractivity contribution is 0.388. The van der Waals surface area contributed by atoms with E-state index < -0.39 is 0 Å². The zero-order valence-corrected chi connectivity index (χ0v) is 9.10. The fraction of sp³-hybridized carbons (Fsp3) is 1.00. The van der Waals surface area contributed by atoms with Gasteiger partial charge in [0.15, 0.2) is 0 Å². The van der Waals surface area contributed by atoms with Gasteiger partial charge in [-0.05, 0) is 46.1 Å². The van der Waals surface area contributed by atoms with E-state index in [1.165, 1.54) is 38.6 Å². The Morgan fingerprint density at radius 2 is 2.08 bits per heavy atom. The van der Waals surface area contributed by atoms with Crippen molar-refractivity contribution >= 4 is 0 Å². The van der Waals surface area contributed by atoms with Crippen LogP contribution in [0.1, 0.15) is 52.4 Å². The summed E-state index contributed by atoms with van der Waals surface area (Å²) in [6.07, 6.45) is 7.85. The van der Waals surface area contributed by atoms with Crippen LogP contribution in [0.5, 0.6) is 0 Å². The lowest BCUT2D eigenvalue weighted by atomic mass is 9.95. The normalized spacial score (nSPS) is 25.6. The molecule has 0 aliphatic carbocycles. The van der Waals surface area contributed by atoms with Crippen LogP contribution < -0.4 is 11.1 Å². The van der Waals surface area contributed by atoms with Gasteiger partial charge in [-0.3, -0.25) is 0 Å². The Morgan fingerprint density at radius 1 is 1.31 bits per heavy atom. The van der Waals surface area contributed by atoms with Crippen molar-refractivity contribution in [3.8, 4) is 0 Å². The van der Waals surface area contributed by atoms with Crippen molar-refractivity contribution in [2.75, 3.05) is 6.54 Å². The van der Waals surface area contributed by atoms with Gasteiger partial charge < -0.3 is 11.1 Å². The van der Waals surface area contributed by atoms with Crippen LogP contribution in [0, 0.1) is 0 Å². The molecule has 1 saturated heterocycles. The molecule has 1 aliphatic heterocycles. The van der Waals surface area contributed by atoms with Gasteiger partial charge in [0.05, 0.1) is 0 Å². The Hall–Kier alpha value is -0.0800.